The number of carbonyl (C=O) groups excluding carboxylic acids is 1. The first-order valence-corrected chi connectivity index (χ1v) is 7.03. The van der Waals surface area contributed by atoms with Gasteiger partial charge in [-0.05, 0) is 23.8 Å². The van der Waals surface area contributed by atoms with Gasteiger partial charge in [0.05, 0.1) is 6.20 Å². The van der Waals surface area contributed by atoms with E-state index in [1.807, 2.05) is 0 Å². The molecule has 6 nitrogen and oxygen atoms in total. The maximum absolute atomic E-state index is 12.9. The zero-order valence-corrected chi connectivity index (χ0v) is 12.4. The number of hydrogen-bond acceptors (Lipinski definition) is 6. The molecule has 0 atom stereocenters. The number of nitrogens with zero attached hydrogens (tertiary/aromatic N) is 3. The van der Waals surface area contributed by atoms with Crippen LogP contribution >= 0.6 is 0 Å². The molecule has 0 radical (unpaired) electrons. The predicted octanol–water partition coefficient (Wildman–Crippen LogP) is 2.98. The molecule has 0 aliphatic heterocycles. The second-order valence-corrected chi connectivity index (χ2v) is 4.89. The van der Waals surface area contributed by atoms with Gasteiger partial charge in [-0.15, -0.1) is 0 Å². The number of oxazole rings is 1. The van der Waals surface area contributed by atoms with Crippen molar-refractivity contribution in [3.05, 3.63) is 83.9 Å². The number of aliphatic hydroxyl groups is 1. The quantitative estimate of drug-likeness (QED) is 0.441. The fourth-order valence-corrected chi connectivity index (χ4v) is 1.97. The van der Waals surface area contributed by atoms with Crippen molar-refractivity contribution in [1.29, 1.82) is 0 Å². The number of hydrogen-bond donors (Lipinski definition) is 1. The molecule has 0 aliphatic rings. The van der Waals surface area contributed by atoms with Crippen LogP contribution in [-0.2, 0) is 6.42 Å². The minimum absolute atomic E-state index is 0.0189. The Kier molecular flexibility index (Phi) is 4.42. The number of halogens is 1. The van der Waals surface area contributed by atoms with Crippen LogP contribution in [0.1, 0.15) is 27.8 Å². The number of aliphatic hydroxyl groups excluding tert-OH is 1. The molecule has 0 amide bonds. The third-order valence-corrected chi connectivity index (χ3v) is 3.13. The number of ketones is 1. The van der Waals surface area contributed by atoms with Crippen LogP contribution in [0.15, 0.2) is 59.4 Å². The summed E-state index contributed by atoms with van der Waals surface area (Å²) >= 11 is 0. The predicted molar refractivity (Wildman–Crippen MR) is 82.7 cm³/mol. The third-order valence-electron chi connectivity index (χ3n) is 3.13. The molecule has 0 saturated heterocycles. The van der Waals surface area contributed by atoms with Crippen molar-refractivity contribution in [2.45, 2.75) is 6.42 Å². The summed E-state index contributed by atoms with van der Waals surface area (Å²) in [5.41, 5.74) is 0.799. The van der Waals surface area contributed by atoms with Crippen molar-refractivity contribution in [1.82, 2.24) is 15.0 Å². The summed E-state index contributed by atoms with van der Waals surface area (Å²) in [4.78, 5) is 23.7. The summed E-state index contributed by atoms with van der Waals surface area (Å²) in [7, 11) is 0. The minimum atomic E-state index is -0.558. The van der Waals surface area contributed by atoms with Crippen molar-refractivity contribution in [2.24, 2.45) is 0 Å². The van der Waals surface area contributed by atoms with Gasteiger partial charge in [-0.1, -0.05) is 12.1 Å². The van der Waals surface area contributed by atoms with E-state index in [2.05, 4.69) is 15.0 Å². The summed E-state index contributed by atoms with van der Waals surface area (Å²) in [6.45, 7) is 0. The topological polar surface area (TPSA) is 89.1 Å². The number of allylic oxidation sites excluding steroid dienone is 1. The van der Waals surface area contributed by atoms with Crippen molar-refractivity contribution in [3.63, 3.8) is 0 Å². The molecule has 3 aromatic rings. The van der Waals surface area contributed by atoms with E-state index in [1.165, 1.54) is 30.7 Å². The lowest BCUT2D eigenvalue weighted by Crippen LogP contribution is -1.97. The normalized spacial score (nSPS) is 11.5. The van der Waals surface area contributed by atoms with Crippen LogP contribution in [-0.4, -0.2) is 25.8 Å². The molecule has 7 heteroatoms. The fourth-order valence-electron chi connectivity index (χ4n) is 1.97. The number of rotatable bonds is 5. The molecule has 2 heterocycles. The Bertz CT molecular complexity index is 874. The summed E-state index contributed by atoms with van der Waals surface area (Å²) in [5.74, 6) is -0.916. The van der Waals surface area contributed by atoms with E-state index in [4.69, 9.17) is 4.42 Å². The molecular formula is C17H12FN3O3. The first-order valence-electron chi connectivity index (χ1n) is 7.03. The van der Waals surface area contributed by atoms with Crippen molar-refractivity contribution in [2.75, 3.05) is 0 Å². The summed E-state index contributed by atoms with van der Waals surface area (Å²) in [5, 5.41) is 9.84. The second kappa shape index (κ2) is 6.82. The molecule has 0 saturated carbocycles. The van der Waals surface area contributed by atoms with Gasteiger partial charge in [0.15, 0.2) is 23.2 Å². The Morgan fingerprint density at radius 1 is 1.17 bits per heavy atom. The van der Waals surface area contributed by atoms with Crippen LogP contribution in [0.5, 0.6) is 0 Å². The van der Waals surface area contributed by atoms with Crippen molar-refractivity contribution < 1.29 is 18.7 Å². The fraction of sp³-hybridized carbons (Fsp3) is 0.0588. The van der Waals surface area contributed by atoms with Gasteiger partial charge < -0.3 is 9.52 Å². The smallest absolute Gasteiger partial charge is 0.226 e. The molecule has 0 aliphatic carbocycles. The molecule has 1 aromatic carbocycles. The van der Waals surface area contributed by atoms with E-state index in [-0.39, 0.29) is 23.2 Å². The number of benzene rings is 1. The van der Waals surface area contributed by atoms with Gasteiger partial charge in [-0.25, -0.2) is 19.3 Å². The monoisotopic (exact) mass is 325 g/mol. The SMILES string of the molecule is O=C(/C=C(/O)c1ncccn1)c1cnc(Cc2ccc(F)cc2)o1. The first-order chi connectivity index (χ1) is 11.6. The van der Waals surface area contributed by atoms with Crippen LogP contribution < -0.4 is 0 Å². The maximum Gasteiger partial charge on any atom is 0.226 e. The molecule has 0 bridgehead atoms. The van der Waals surface area contributed by atoms with Gasteiger partial charge in [0.2, 0.25) is 5.78 Å². The van der Waals surface area contributed by atoms with Crippen LogP contribution in [0.25, 0.3) is 5.76 Å². The van der Waals surface area contributed by atoms with E-state index >= 15 is 0 Å². The number of carbonyl (C=O) groups is 1. The Labute approximate surface area is 136 Å². The average Bonchev–Trinajstić information content (AvgIpc) is 3.06. The van der Waals surface area contributed by atoms with E-state index in [1.54, 1.807) is 18.2 Å². The third kappa shape index (κ3) is 3.70. The Morgan fingerprint density at radius 2 is 1.88 bits per heavy atom. The van der Waals surface area contributed by atoms with Gasteiger partial charge in [0, 0.05) is 24.9 Å². The lowest BCUT2D eigenvalue weighted by atomic mass is 10.1. The highest BCUT2D eigenvalue weighted by Crippen LogP contribution is 2.13. The van der Waals surface area contributed by atoms with Crippen LogP contribution in [0.4, 0.5) is 4.39 Å². The molecule has 1 N–H and O–H groups in total. The Balaban J connectivity index is 1.73. The lowest BCUT2D eigenvalue weighted by molar-refractivity contribution is 0.101. The molecule has 0 spiro atoms. The summed E-state index contributed by atoms with van der Waals surface area (Å²) in [6.07, 6.45) is 5.47. The highest BCUT2D eigenvalue weighted by atomic mass is 19.1. The Morgan fingerprint density at radius 3 is 2.58 bits per heavy atom. The van der Waals surface area contributed by atoms with E-state index in [0.29, 0.717) is 12.3 Å². The van der Waals surface area contributed by atoms with Crippen LogP contribution in [0.2, 0.25) is 0 Å². The average molecular weight is 325 g/mol. The van der Waals surface area contributed by atoms with Gasteiger partial charge >= 0.3 is 0 Å². The first kappa shape index (κ1) is 15.5. The number of aromatic nitrogens is 3. The van der Waals surface area contributed by atoms with Crippen molar-refractivity contribution in [3.8, 4) is 0 Å². The standard InChI is InChI=1S/C17H12FN3O3/c18-12-4-2-11(3-5-12)8-16-21-10-15(24-16)13(22)9-14(23)17-19-6-1-7-20-17/h1-7,9-10,23H,8H2/b14-9+. The van der Waals surface area contributed by atoms with Crippen LogP contribution in [0, 0.1) is 5.82 Å². The molecule has 0 fully saturated rings. The maximum atomic E-state index is 12.9. The van der Waals surface area contributed by atoms with E-state index in [0.717, 1.165) is 11.6 Å². The zero-order valence-electron chi connectivity index (χ0n) is 12.4. The van der Waals surface area contributed by atoms with E-state index < -0.39 is 5.78 Å². The molecule has 2 aromatic heterocycles. The lowest BCUT2D eigenvalue weighted by Gasteiger charge is -1.97. The van der Waals surface area contributed by atoms with Gasteiger partial charge in [-0.3, -0.25) is 4.79 Å². The summed E-state index contributed by atoms with van der Waals surface area (Å²) in [6, 6.07) is 7.49. The molecule has 3 rings (SSSR count). The minimum Gasteiger partial charge on any atom is -0.504 e. The van der Waals surface area contributed by atoms with Gasteiger partial charge in [0.1, 0.15) is 5.82 Å². The second-order valence-electron chi connectivity index (χ2n) is 4.89. The molecule has 120 valence electrons. The van der Waals surface area contributed by atoms with Crippen LogP contribution in [0.3, 0.4) is 0 Å². The highest BCUT2D eigenvalue weighted by molar-refractivity contribution is 6.05. The largest absolute Gasteiger partial charge is 0.504 e. The highest BCUT2D eigenvalue weighted by Gasteiger charge is 2.13. The molecule has 24 heavy (non-hydrogen) atoms. The van der Waals surface area contributed by atoms with E-state index in [9.17, 15) is 14.3 Å². The zero-order chi connectivity index (χ0) is 16.9. The van der Waals surface area contributed by atoms with Gasteiger partial charge in [0.25, 0.3) is 0 Å². The Hall–Kier alpha value is -3.35. The van der Waals surface area contributed by atoms with Crippen molar-refractivity contribution >= 4 is 11.5 Å². The summed E-state index contributed by atoms with van der Waals surface area (Å²) < 4.78 is 18.2. The molecular weight excluding hydrogens is 313 g/mol. The molecule has 0 unspecified atom stereocenters. The van der Waals surface area contributed by atoms with Gasteiger partial charge in [-0.2, -0.15) is 0 Å².